The number of nitrogens with zero attached hydrogens (tertiary/aromatic N) is 4. The Balaban J connectivity index is 1.63. The summed E-state index contributed by atoms with van der Waals surface area (Å²) in [6.07, 6.45) is 3.59. The number of pyridine rings is 1. The predicted molar refractivity (Wildman–Crippen MR) is 79.2 cm³/mol. The van der Waals surface area contributed by atoms with Gasteiger partial charge in [-0.1, -0.05) is 0 Å². The molecule has 5 nitrogen and oxygen atoms in total. The van der Waals surface area contributed by atoms with Gasteiger partial charge in [-0.3, -0.25) is 9.78 Å². The third-order valence-electron chi connectivity index (χ3n) is 3.43. The van der Waals surface area contributed by atoms with Crippen LogP contribution in [0.1, 0.15) is 15.5 Å². The van der Waals surface area contributed by atoms with Crippen LogP contribution in [0.4, 0.5) is 5.69 Å². The number of hydrogen-bond acceptors (Lipinski definition) is 5. The summed E-state index contributed by atoms with van der Waals surface area (Å²) in [5, 5.41) is 2.77. The number of carbonyl (C=O) groups is 1. The Bertz CT molecular complexity index is 590. The molecule has 0 bridgehead atoms. The molecule has 104 valence electrons. The molecule has 0 unspecified atom stereocenters. The lowest BCUT2D eigenvalue weighted by Crippen LogP contribution is -2.48. The van der Waals surface area contributed by atoms with Crippen molar-refractivity contribution in [2.24, 2.45) is 0 Å². The summed E-state index contributed by atoms with van der Waals surface area (Å²) in [5.74, 6) is 0.0451. The molecular weight excluding hydrogens is 272 g/mol. The van der Waals surface area contributed by atoms with Gasteiger partial charge in [0.2, 0.25) is 0 Å². The number of anilines is 1. The van der Waals surface area contributed by atoms with Gasteiger partial charge in [0.25, 0.3) is 5.91 Å². The maximum Gasteiger partial charge on any atom is 0.273 e. The Morgan fingerprint density at radius 2 is 1.90 bits per heavy atom. The number of amides is 1. The first-order chi connectivity index (χ1) is 9.74. The minimum Gasteiger partial charge on any atom is -0.368 e. The smallest absolute Gasteiger partial charge is 0.273 e. The molecule has 1 aliphatic heterocycles. The van der Waals surface area contributed by atoms with Gasteiger partial charge in [0.1, 0.15) is 5.69 Å². The molecule has 2 aromatic heterocycles. The van der Waals surface area contributed by atoms with E-state index in [0.29, 0.717) is 5.69 Å². The molecule has 2 aromatic rings. The first-order valence-corrected chi connectivity index (χ1v) is 7.48. The van der Waals surface area contributed by atoms with Crippen molar-refractivity contribution in [3.05, 3.63) is 40.6 Å². The second-order valence-electron chi connectivity index (χ2n) is 4.74. The van der Waals surface area contributed by atoms with Crippen LogP contribution in [0.2, 0.25) is 0 Å². The number of hydrogen-bond donors (Lipinski definition) is 0. The normalized spacial score (nSPS) is 15.4. The quantitative estimate of drug-likeness (QED) is 0.845. The van der Waals surface area contributed by atoms with Crippen molar-refractivity contribution < 1.29 is 4.79 Å². The first kappa shape index (κ1) is 13.1. The van der Waals surface area contributed by atoms with Crippen LogP contribution in [-0.4, -0.2) is 47.0 Å². The van der Waals surface area contributed by atoms with E-state index in [4.69, 9.17) is 0 Å². The molecule has 1 saturated heterocycles. The van der Waals surface area contributed by atoms with Crippen molar-refractivity contribution in [1.82, 2.24) is 14.9 Å². The zero-order valence-electron chi connectivity index (χ0n) is 11.3. The lowest BCUT2D eigenvalue weighted by atomic mass is 10.2. The molecule has 1 amide bonds. The number of carbonyl (C=O) groups excluding carboxylic acids is 1. The Hall–Kier alpha value is -1.95. The SMILES string of the molecule is Cc1nc(C(=O)N2CCN(c3ccncc3)CC2)cs1. The molecule has 0 radical (unpaired) electrons. The van der Waals surface area contributed by atoms with Crippen LogP contribution in [0.15, 0.2) is 29.9 Å². The second-order valence-corrected chi connectivity index (χ2v) is 5.80. The van der Waals surface area contributed by atoms with E-state index in [-0.39, 0.29) is 5.91 Å². The minimum absolute atomic E-state index is 0.0451. The molecule has 0 atom stereocenters. The lowest BCUT2D eigenvalue weighted by molar-refractivity contribution is 0.0741. The molecule has 6 heteroatoms. The van der Waals surface area contributed by atoms with E-state index in [0.717, 1.165) is 36.9 Å². The highest BCUT2D eigenvalue weighted by atomic mass is 32.1. The van der Waals surface area contributed by atoms with Crippen LogP contribution < -0.4 is 4.90 Å². The van der Waals surface area contributed by atoms with E-state index >= 15 is 0 Å². The highest BCUT2D eigenvalue weighted by Gasteiger charge is 2.23. The average Bonchev–Trinajstić information content (AvgIpc) is 2.94. The molecule has 20 heavy (non-hydrogen) atoms. The maximum absolute atomic E-state index is 12.3. The zero-order valence-corrected chi connectivity index (χ0v) is 12.1. The number of piperazine rings is 1. The minimum atomic E-state index is 0.0451. The van der Waals surface area contributed by atoms with E-state index in [9.17, 15) is 4.79 Å². The Kier molecular flexibility index (Phi) is 3.64. The standard InChI is InChI=1S/C14H16N4OS/c1-11-16-13(10-20-11)14(19)18-8-6-17(7-9-18)12-2-4-15-5-3-12/h2-5,10H,6-9H2,1H3. The van der Waals surface area contributed by atoms with E-state index in [1.807, 2.05) is 29.3 Å². The molecule has 0 N–H and O–H groups in total. The Labute approximate surface area is 121 Å². The van der Waals surface area contributed by atoms with Crippen LogP contribution in [0.3, 0.4) is 0 Å². The molecule has 3 rings (SSSR count). The van der Waals surface area contributed by atoms with Crippen molar-refractivity contribution >= 4 is 22.9 Å². The van der Waals surface area contributed by atoms with Crippen LogP contribution in [0, 0.1) is 6.92 Å². The van der Waals surface area contributed by atoms with Gasteiger partial charge in [0, 0.05) is 49.6 Å². The van der Waals surface area contributed by atoms with Gasteiger partial charge in [-0.05, 0) is 19.1 Å². The van der Waals surface area contributed by atoms with Crippen molar-refractivity contribution in [3.63, 3.8) is 0 Å². The third kappa shape index (κ3) is 2.65. The summed E-state index contributed by atoms with van der Waals surface area (Å²) in [5.41, 5.74) is 1.74. The number of rotatable bonds is 2. The van der Waals surface area contributed by atoms with E-state index in [1.54, 1.807) is 12.4 Å². The highest BCUT2D eigenvalue weighted by Crippen LogP contribution is 2.17. The van der Waals surface area contributed by atoms with Crippen molar-refractivity contribution in [3.8, 4) is 0 Å². The van der Waals surface area contributed by atoms with Gasteiger partial charge < -0.3 is 9.80 Å². The van der Waals surface area contributed by atoms with Gasteiger partial charge >= 0.3 is 0 Å². The summed E-state index contributed by atoms with van der Waals surface area (Å²) >= 11 is 1.52. The molecule has 0 spiro atoms. The zero-order chi connectivity index (χ0) is 13.9. The van der Waals surface area contributed by atoms with Crippen LogP contribution in [0.25, 0.3) is 0 Å². The predicted octanol–water partition coefficient (Wildman–Crippen LogP) is 1.81. The third-order valence-corrected chi connectivity index (χ3v) is 4.21. The fourth-order valence-electron chi connectivity index (χ4n) is 2.35. The summed E-state index contributed by atoms with van der Waals surface area (Å²) in [6, 6.07) is 4.00. The van der Waals surface area contributed by atoms with E-state index in [2.05, 4.69) is 14.9 Å². The fraction of sp³-hybridized carbons (Fsp3) is 0.357. The molecule has 1 aliphatic rings. The average molecular weight is 288 g/mol. The maximum atomic E-state index is 12.3. The van der Waals surface area contributed by atoms with Crippen LogP contribution >= 0.6 is 11.3 Å². The molecular formula is C14H16N4OS. The van der Waals surface area contributed by atoms with Gasteiger partial charge in [-0.25, -0.2) is 4.98 Å². The molecule has 1 fully saturated rings. The summed E-state index contributed by atoms with van der Waals surface area (Å²) in [6.45, 7) is 5.08. The Morgan fingerprint density at radius 1 is 1.20 bits per heavy atom. The molecule has 0 saturated carbocycles. The van der Waals surface area contributed by atoms with Gasteiger partial charge in [-0.15, -0.1) is 11.3 Å². The van der Waals surface area contributed by atoms with Gasteiger partial charge in [0.15, 0.2) is 0 Å². The van der Waals surface area contributed by atoms with Crippen LogP contribution in [-0.2, 0) is 0 Å². The second kappa shape index (κ2) is 5.58. The summed E-state index contributed by atoms with van der Waals surface area (Å²) in [4.78, 5) is 24.8. The van der Waals surface area contributed by atoms with Crippen LogP contribution in [0.5, 0.6) is 0 Å². The Morgan fingerprint density at radius 3 is 2.50 bits per heavy atom. The van der Waals surface area contributed by atoms with E-state index < -0.39 is 0 Å². The van der Waals surface area contributed by atoms with Gasteiger partial charge in [-0.2, -0.15) is 0 Å². The summed E-state index contributed by atoms with van der Waals surface area (Å²) in [7, 11) is 0. The summed E-state index contributed by atoms with van der Waals surface area (Å²) < 4.78 is 0. The number of aryl methyl sites for hydroxylation is 1. The molecule has 3 heterocycles. The molecule has 0 aliphatic carbocycles. The number of thiazole rings is 1. The fourth-order valence-corrected chi connectivity index (χ4v) is 2.93. The van der Waals surface area contributed by atoms with Crippen molar-refractivity contribution in [2.45, 2.75) is 6.92 Å². The van der Waals surface area contributed by atoms with E-state index in [1.165, 1.54) is 11.3 Å². The van der Waals surface area contributed by atoms with Crippen molar-refractivity contribution in [1.29, 1.82) is 0 Å². The molecule has 0 aromatic carbocycles. The largest absolute Gasteiger partial charge is 0.368 e. The van der Waals surface area contributed by atoms with Gasteiger partial charge in [0.05, 0.1) is 5.01 Å². The first-order valence-electron chi connectivity index (χ1n) is 6.60. The topological polar surface area (TPSA) is 49.3 Å². The van der Waals surface area contributed by atoms with Crippen molar-refractivity contribution in [2.75, 3.05) is 31.1 Å². The highest BCUT2D eigenvalue weighted by molar-refractivity contribution is 7.09. The lowest BCUT2D eigenvalue weighted by Gasteiger charge is -2.35. The monoisotopic (exact) mass is 288 g/mol. The number of aromatic nitrogens is 2.